The van der Waals surface area contributed by atoms with Gasteiger partial charge in [-0.05, 0) is 25.5 Å². The Bertz CT molecular complexity index is 303. The van der Waals surface area contributed by atoms with E-state index >= 15 is 0 Å². The van der Waals surface area contributed by atoms with E-state index in [1.165, 1.54) is 5.56 Å². The van der Waals surface area contributed by atoms with Gasteiger partial charge >= 0.3 is 0 Å². The van der Waals surface area contributed by atoms with Crippen LogP contribution >= 0.6 is 0 Å². The third-order valence-electron chi connectivity index (χ3n) is 2.20. The molecule has 1 rings (SSSR count). The first-order chi connectivity index (χ1) is 6.65. The van der Waals surface area contributed by atoms with E-state index in [1.54, 1.807) is 4.90 Å². The number of aryl methyl sites for hydroxylation is 1. The summed E-state index contributed by atoms with van der Waals surface area (Å²) in [6, 6.07) is 7.69. The van der Waals surface area contributed by atoms with Crippen LogP contribution in [-0.4, -0.2) is 24.4 Å². The molecule has 1 amide bonds. The molecule has 0 saturated heterocycles. The van der Waals surface area contributed by atoms with Gasteiger partial charge in [0.25, 0.3) is 5.91 Å². The van der Waals surface area contributed by atoms with Crippen molar-refractivity contribution < 1.29 is 4.79 Å². The van der Waals surface area contributed by atoms with Crippen molar-refractivity contribution in [3.63, 3.8) is 0 Å². The summed E-state index contributed by atoms with van der Waals surface area (Å²) in [5, 5.41) is 0. The molecule has 0 spiro atoms. The van der Waals surface area contributed by atoms with E-state index in [1.807, 2.05) is 38.2 Å². The molecule has 76 valence electrons. The Labute approximate surface area is 85.5 Å². The van der Waals surface area contributed by atoms with Gasteiger partial charge in [-0.2, -0.15) is 0 Å². The quantitative estimate of drug-likeness (QED) is 0.718. The van der Waals surface area contributed by atoms with E-state index in [9.17, 15) is 4.79 Å². The number of carbonyl (C=O) groups is 1. The fourth-order valence-electron chi connectivity index (χ4n) is 1.35. The summed E-state index contributed by atoms with van der Waals surface area (Å²) in [5.74, 6) is 0.104. The Hall–Kier alpha value is -1.31. The van der Waals surface area contributed by atoms with Crippen LogP contribution in [0.1, 0.15) is 29.3 Å². The molecule has 0 fully saturated rings. The van der Waals surface area contributed by atoms with Crippen LogP contribution in [0.25, 0.3) is 0 Å². The number of benzene rings is 1. The van der Waals surface area contributed by atoms with Crippen molar-refractivity contribution in [1.82, 2.24) is 4.90 Å². The van der Waals surface area contributed by atoms with Gasteiger partial charge in [-0.1, -0.05) is 24.6 Å². The predicted octanol–water partition coefficient (Wildman–Crippen LogP) is 2.48. The molecule has 2 nitrogen and oxygen atoms in total. The lowest BCUT2D eigenvalue weighted by atomic mass is 10.1. The zero-order valence-corrected chi connectivity index (χ0v) is 9.08. The van der Waals surface area contributed by atoms with Crippen LogP contribution in [0.3, 0.4) is 0 Å². The van der Waals surface area contributed by atoms with Crippen molar-refractivity contribution in [2.45, 2.75) is 20.3 Å². The Morgan fingerprint density at radius 1 is 1.29 bits per heavy atom. The van der Waals surface area contributed by atoms with Gasteiger partial charge in [-0.25, -0.2) is 0 Å². The average molecular weight is 191 g/mol. The standard InChI is InChI=1S/C12H17NO/c1-4-9-13(3)12(14)11-7-5-10(2)6-8-11/h5-8H,4,9H2,1-3H3. The van der Waals surface area contributed by atoms with Crippen molar-refractivity contribution in [2.75, 3.05) is 13.6 Å². The summed E-state index contributed by atoms with van der Waals surface area (Å²) in [6.45, 7) is 4.90. The van der Waals surface area contributed by atoms with Gasteiger partial charge in [0.1, 0.15) is 0 Å². The van der Waals surface area contributed by atoms with Gasteiger partial charge in [-0.15, -0.1) is 0 Å². The van der Waals surface area contributed by atoms with Gasteiger partial charge in [0.2, 0.25) is 0 Å². The summed E-state index contributed by atoms with van der Waals surface area (Å²) >= 11 is 0. The maximum atomic E-state index is 11.8. The van der Waals surface area contributed by atoms with E-state index in [2.05, 4.69) is 6.92 Å². The van der Waals surface area contributed by atoms with Crippen molar-refractivity contribution in [3.8, 4) is 0 Å². The molecule has 0 aliphatic rings. The van der Waals surface area contributed by atoms with Crippen molar-refractivity contribution in [1.29, 1.82) is 0 Å². The number of nitrogens with zero attached hydrogens (tertiary/aromatic N) is 1. The van der Waals surface area contributed by atoms with Crippen LogP contribution in [0.15, 0.2) is 24.3 Å². The fourth-order valence-corrected chi connectivity index (χ4v) is 1.35. The minimum Gasteiger partial charge on any atom is -0.342 e. The average Bonchev–Trinajstić information content (AvgIpc) is 2.18. The Morgan fingerprint density at radius 2 is 1.86 bits per heavy atom. The molecule has 0 aliphatic heterocycles. The molecule has 1 aromatic rings. The molecule has 14 heavy (non-hydrogen) atoms. The summed E-state index contributed by atoms with van der Waals surface area (Å²) < 4.78 is 0. The second kappa shape index (κ2) is 4.80. The molecule has 0 unspecified atom stereocenters. The first kappa shape index (κ1) is 10.8. The molecule has 0 aliphatic carbocycles. The Kier molecular flexibility index (Phi) is 3.69. The molecular weight excluding hydrogens is 174 g/mol. The molecule has 0 N–H and O–H groups in total. The van der Waals surface area contributed by atoms with Crippen LogP contribution < -0.4 is 0 Å². The first-order valence-corrected chi connectivity index (χ1v) is 4.97. The molecule has 0 aromatic heterocycles. The minimum absolute atomic E-state index is 0.104. The first-order valence-electron chi connectivity index (χ1n) is 4.97. The van der Waals surface area contributed by atoms with E-state index in [4.69, 9.17) is 0 Å². The zero-order valence-electron chi connectivity index (χ0n) is 9.08. The predicted molar refractivity (Wildman–Crippen MR) is 58.4 cm³/mol. The molecule has 0 atom stereocenters. The third kappa shape index (κ3) is 2.59. The molecule has 1 aromatic carbocycles. The number of rotatable bonds is 3. The van der Waals surface area contributed by atoms with Crippen LogP contribution in [-0.2, 0) is 0 Å². The zero-order chi connectivity index (χ0) is 10.6. The molecule has 0 bridgehead atoms. The van der Waals surface area contributed by atoms with Crippen LogP contribution in [0.2, 0.25) is 0 Å². The molecule has 0 heterocycles. The normalized spacial score (nSPS) is 9.93. The van der Waals surface area contributed by atoms with Gasteiger partial charge in [0.15, 0.2) is 0 Å². The van der Waals surface area contributed by atoms with Crippen molar-refractivity contribution in [2.24, 2.45) is 0 Å². The lowest BCUT2D eigenvalue weighted by Crippen LogP contribution is -2.27. The van der Waals surface area contributed by atoms with Gasteiger partial charge in [0.05, 0.1) is 0 Å². The van der Waals surface area contributed by atoms with E-state index in [-0.39, 0.29) is 5.91 Å². The Morgan fingerprint density at radius 3 is 2.36 bits per heavy atom. The van der Waals surface area contributed by atoms with Gasteiger partial charge in [-0.3, -0.25) is 4.79 Å². The van der Waals surface area contributed by atoms with Crippen LogP contribution in [0, 0.1) is 6.92 Å². The van der Waals surface area contributed by atoms with Gasteiger partial charge in [0, 0.05) is 19.2 Å². The smallest absolute Gasteiger partial charge is 0.253 e. The van der Waals surface area contributed by atoms with E-state index in [0.717, 1.165) is 18.5 Å². The molecule has 0 radical (unpaired) electrons. The lowest BCUT2D eigenvalue weighted by molar-refractivity contribution is 0.0795. The highest BCUT2D eigenvalue weighted by Crippen LogP contribution is 2.06. The topological polar surface area (TPSA) is 20.3 Å². The number of carbonyl (C=O) groups excluding carboxylic acids is 1. The van der Waals surface area contributed by atoms with E-state index < -0.39 is 0 Å². The summed E-state index contributed by atoms with van der Waals surface area (Å²) in [7, 11) is 1.84. The largest absolute Gasteiger partial charge is 0.342 e. The third-order valence-corrected chi connectivity index (χ3v) is 2.20. The summed E-state index contributed by atoms with van der Waals surface area (Å²) in [4.78, 5) is 13.5. The maximum Gasteiger partial charge on any atom is 0.253 e. The Balaban J connectivity index is 2.74. The summed E-state index contributed by atoms with van der Waals surface area (Å²) in [6.07, 6.45) is 0.994. The fraction of sp³-hybridized carbons (Fsp3) is 0.417. The number of amides is 1. The number of hydrogen-bond donors (Lipinski definition) is 0. The monoisotopic (exact) mass is 191 g/mol. The summed E-state index contributed by atoms with van der Waals surface area (Å²) in [5.41, 5.74) is 1.95. The van der Waals surface area contributed by atoms with Crippen molar-refractivity contribution >= 4 is 5.91 Å². The number of hydrogen-bond acceptors (Lipinski definition) is 1. The van der Waals surface area contributed by atoms with E-state index in [0.29, 0.717) is 0 Å². The molecular formula is C12H17NO. The van der Waals surface area contributed by atoms with Crippen LogP contribution in [0.4, 0.5) is 0 Å². The minimum atomic E-state index is 0.104. The van der Waals surface area contributed by atoms with Crippen LogP contribution in [0.5, 0.6) is 0 Å². The lowest BCUT2D eigenvalue weighted by Gasteiger charge is -2.15. The highest BCUT2D eigenvalue weighted by Gasteiger charge is 2.09. The van der Waals surface area contributed by atoms with Crippen molar-refractivity contribution in [3.05, 3.63) is 35.4 Å². The second-order valence-electron chi connectivity index (χ2n) is 3.59. The maximum absolute atomic E-state index is 11.8. The highest BCUT2D eigenvalue weighted by atomic mass is 16.2. The SMILES string of the molecule is CCCN(C)C(=O)c1ccc(C)cc1. The molecule has 0 saturated carbocycles. The second-order valence-corrected chi connectivity index (χ2v) is 3.59. The molecule has 2 heteroatoms. The van der Waals surface area contributed by atoms with Gasteiger partial charge < -0.3 is 4.90 Å². The highest BCUT2D eigenvalue weighted by molar-refractivity contribution is 5.94.